The van der Waals surface area contributed by atoms with Gasteiger partial charge in [-0.3, -0.25) is 14.9 Å². The van der Waals surface area contributed by atoms with Crippen molar-refractivity contribution < 1.29 is 9.72 Å². The van der Waals surface area contributed by atoms with Crippen LogP contribution in [0.25, 0.3) is 0 Å². The van der Waals surface area contributed by atoms with E-state index in [2.05, 4.69) is 10.3 Å². The molecule has 0 aliphatic heterocycles. The second kappa shape index (κ2) is 4.90. The maximum atomic E-state index is 11.1. The van der Waals surface area contributed by atoms with Crippen molar-refractivity contribution in [1.82, 2.24) is 4.98 Å². The number of pyridine rings is 1. The van der Waals surface area contributed by atoms with Crippen molar-refractivity contribution in [2.75, 3.05) is 5.32 Å². The summed E-state index contributed by atoms with van der Waals surface area (Å²) in [4.78, 5) is 25.0. The third-order valence-electron chi connectivity index (χ3n) is 2.85. The van der Waals surface area contributed by atoms with Gasteiger partial charge >= 0.3 is 0 Å². The Labute approximate surface area is 98.2 Å². The number of hydrogen-bond donors (Lipinski definition) is 1. The second-order valence-electron chi connectivity index (χ2n) is 4.12. The smallest absolute Gasteiger partial charge is 0.287 e. The summed E-state index contributed by atoms with van der Waals surface area (Å²) in [6, 6.07) is 3.25. The van der Waals surface area contributed by atoms with E-state index < -0.39 is 4.92 Å². The van der Waals surface area contributed by atoms with Gasteiger partial charge in [-0.1, -0.05) is 0 Å². The van der Waals surface area contributed by atoms with Gasteiger partial charge < -0.3 is 5.32 Å². The number of aromatic nitrogens is 1. The van der Waals surface area contributed by atoms with Gasteiger partial charge in [-0.25, -0.2) is 4.98 Å². The average Bonchev–Trinajstić information content (AvgIpc) is 2.33. The molecular formula is C11H13N3O3. The lowest BCUT2D eigenvalue weighted by Gasteiger charge is -2.22. The number of carbonyl (C=O) groups is 1. The van der Waals surface area contributed by atoms with Gasteiger partial charge in [0.15, 0.2) is 0 Å². The van der Waals surface area contributed by atoms with E-state index >= 15 is 0 Å². The van der Waals surface area contributed by atoms with Crippen LogP contribution in [-0.4, -0.2) is 21.7 Å². The number of anilines is 1. The maximum Gasteiger partial charge on any atom is 0.287 e. The van der Waals surface area contributed by atoms with Crippen LogP contribution in [0, 0.1) is 10.1 Å². The maximum absolute atomic E-state index is 11.1. The van der Waals surface area contributed by atoms with Crippen molar-refractivity contribution in [3.05, 3.63) is 28.4 Å². The normalized spacial score (nSPS) is 16.8. The molecule has 0 amide bonds. The summed E-state index contributed by atoms with van der Waals surface area (Å²) in [5.74, 6) is 0.926. The highest BCUT2D eigenvalue weighted by atomic mass is 16.6. The van der Waals surface area contributed by atoms with Crippen LogP contribution in [0.3, 0.4) is 0 Å². The van der Waals surface area contributed by atoms with E-state index in [1.807, 2.05) is 0 Å². The quantitative estimate of drug-likeness (QED) is 0.639. The molecule has 1 N–H and O–H groups in total. The molecule has 2 rings (SSSR count). The summed E-state index contributed by atoms with van der Waals surface area (Å²) in [7, 11) is 0. The van der Waals surface area contributed by atoms with Crippen molar-refractivity contribution >= 4 is 17.3 Å². The largest absolute Gasteiger partial charge is 0.367 e. The molecule has 0 bridgehead atoms. The molecule has 1 saturated carbocycles. The number of nitrogens with one attached hydrogen (secondary N) is 1. The summed E-state index contributed by atoms with van der Waals surface area (Å²) in [6.07, 6.45) is 4.04. The minimum atomic E-state index is -0.476. The van der Waals surface area contributed by atoms with E-state index in [1.165, 1.54) is 12.3 Å². The molecule has 0 atom stereocenters. The third-order valence-corrected chi connectivity index (χ3v) is 2.85. The van der Waals surface area contributed by atoms with E-state index in [1.54, 1.807) is 6.07 Å². The minimum Gasteiger partial charge on any atom is -0.367 e. The van der Waals surface area contributed by atoms with Crippen molar-refractivity contribution in [3.8, 4) is 0 Å². The van der Waals surface area contributed by atoms with E-state index in [0.29, 0.717) is 24.4 Å². The van der Waals surface area contributed by atoms with Gasteiger partial charge in [-0.15, -0.1) is 0 Å². The lowest BCUT2D eigenvalue weighted by molar-refractivity contribution is -0.385. The van der Waals surface area contributed by atoms with Crippen LogP contribution in [0.15, 0.2) is 18.3 Å². The third kappa shape index (κ3) is 2.99. The Morgan fingerprint density at radius 2 is 2.06 bits per heavy atom. The molecule has 1 fully saturated rings. The lowest BCUT2D eigenvalue weighted by Crippen LogP contribution is -2.26. The van der Waals surface area contributed by atoms with Crippen LogP contribution >= 0.6 is 0 Å². The zero-order valence-corrected chi connectivity index (χ0v) is 9.26. The standard InChI is InChI=1S/C11H13N3O3/c15-10-4-1-8(2-5-10)13-11-6-3-9(7-12-11)14(16)17/h3,6-8H,1-2,4-5H2,(H,12,13). The van der Waals surface area contributed by atoms with Gasteiger partial charge in [0, 0.05) is 24.9 Å². The Bertz CT molecular complexity index is 420. The fourth-order valence-corrected chi connectivity index (χ4v) is 1.87. The lowest BCUT2D eigenvalue weighted by atomic mass is 9.94. The first-order chi connectivity index (χ1) is 8.15. The molecular weight excluding hydrogens is 222 g/mol. The molecule has 17 heavy (non-hydrogen) atoms. The van der Waals surface area contributed by atoms with Crippen molar-refractivity contribution in [1.29, 1.82) is 0 Å². The Kier molecular flexibility index (Phi) is 3.32. The Balaban J connectivity index is 1.95. The monoisotopic (exact) mass is 235 g/mol. The van der Waals surface area contributed by atoms with Crippen LogP contribution in [0.2, 0.25) is 0 Å². The average molecular weight is 235 g/mol. The fourth-order valence-electron chi connectivity index (χ4n) is 1.87. The molecule has 1 aromatic heterocycles. The van der Waals surface area contributed by atoms with Gasteiger partial charge in [0.05, 0.1) is 4.92 Å². The summed E-state index contributed by atoms with van der Waals surface area (Å²) >= 11 is 0. The number of hydrogen-bond acceptors (Lipinski definition) is 5. The van der Waals surface area contributed by atoms with E-state index in [0.717, 1.165) is 12.8 Å². The Morgan fingerprint density at radius 1 is 1.35 bits per heavy atom. The zero-order valence-electron chi connectivity index (χ0n) is 9.26. The van der Waals surface area contributed by atoms with Gasteiger partial charge in [0.1, 0.15) is 17.8 Å². The molecule has 1 heterocycles. The van der Waals surface area contributed by atoms with Crippen molar-refractivity contribution in [3.63, 3.8) is 0 Å². The summed E-state index contributed by atoms with van der Waals surface area (Å²) in [5, 5.41) is 13.6. The predicted molar refractivity (Wildman–Crippen MR) is 61.8 cm³/mol. The fraction of sp³-hybridized carbons (Fsp3) is 0.455. The summed E-state index contributed by atoms with van der Waals surface area (Å²) in [5.41, 5.74) is -0.0191. The van der Waals surface area contributed by atoms with Crippen LogP contribution < -0.4 is 5.32 Å². The van der Waals surface area contributed by atoms with Gasteiger partial charge in [0.2, 0.25) is 0 Å². The molecule has 90 valence electrons. The van der Waals surface area contributed by atoms with Gasteiger partial charge in [0.25, 0.3) is 5.69 Å². The van der Waals surface area contributed by atoms with E-state index in [-0.39, 0.29) is 11.7 Å². The number of Topliss-reactive ketones (excluding diaryl/α,β-unsaturated/α-hetero) is 1. The molecule has 1 aliphatic carbocycles. The van der Waals surface area contributed by atoms with Crippen LogP contribution in [0.5, 0.6) is 0 Å². The molecule has 0 unspecified atom stereocenters. The summed E-state index contributed by atoms with van der Waals surface area (Å²) in [6.45, 7) is 0. The van der Waals surface area contributed by atoms with Crippen LogP contribution in [0.4, 0.5) is 11.5 Å². The molecule has 0 saturated heterocycles. The van der Waals surface area contributed by atoms with Crippen molar-refractivity contribution in [2.45, 2.75) is 31.7 Å². The number of nitrogens with zero attached hydrogens (tertiary/aromatic N) is 2. The number of nitro groups is 1. The van der Waals surface area contributed by atoms with Crippen LogP contribution in [0.1, 0.15) is 25.7 Å². The highest BCUT2D eigenvalue weighted by Gasteiger charge is 2.18. The molecule has 0 aromatic carbocycles. The first kappa shape index (κ1) is 11.5. The Hall–Kier alpha value is -1.98. The molecule has 1 aromatic rings. The molecule has 1 aliphatic rings. The Morgan fingerprint density at radius 3 is 2.59 bits per heavy atom. The zero-order chi connectivity index (χ0) is 12.3. The molecule has 6 nitrogen and oxygen atoms in total. The molecule has 0 radical (unpaired) electrons. The van der Waals surface area contributed by atoms with Gasteiger partial charge in [-0.05, 0) is 18.9 Å². The highest BCUT2D eigenvalue weighted by molar-refractivity contribution is 5.79. The first-order valence-corrected chi connectivity index (χ1v) is 5.54. The van der Waals surface area contributed by atoms with Crippen LogP contribution in [-0.2, 0) is 4.79 Å². The highest BCUT2D eigenvalue weighted by Crippen LogP contribution is 2.19. The van der Waals surface area contributed by atoms with E-state index in [9.17, 15) is 14.9 Å². The second-order valence-corrected chi connectivity index (χ2v) is 4.12. The molecule has 0 spiro atoms. The number of rotatable bonds is 3. The number of ketones is 1. The minimum absolute atomic E-state index is 0.0191. The van der Waals surface area contributed by atoms with E-state index in [4.69, 9.17) is 0 Å². The van der Waals surface area contributed by atoms with Crippen molar-refractivity contribution in [2.24, 2.45) is 0 Å². The first-order valence-electron chi connectivity index (χ1n) is 5.54. The molecule has 6 heteroatoms. The number of carbonyl (C=O) groups excluding carboxylic acids is 1. The topological polar surface area (TPSA) is 85.1 Å². The SMILES string of the molecule is O=C1CCC(Nc2ccc([N+](=O)[O-])cn2)CC1. The van der Waals surface area contributed by atoms with Gasteiger partial charge in [-0.2, -0.15) is 0 Å². The predicted octanol–water partition coefficient (Wildman–Crippen LogP) is 1.91. The summed E-state index contributed by atoms with van der Waals surface area (Å²) < 4.78 is 0.